The normalized spacial score (nSPS) is 17.1. The fourth-order valence-electron chi connectivity index (χ4n) is 2.39. The highest BCUT2D eigenvalue weighted by molar-refractivity contribution is 7.91. The van der Waals surface area contributed by atoms with Gasteiger partial charge in [0.2, 0.25) is 5.91 Å². The second-order valence-corrected chi connectivity index (χ2v) is 8.84. The summed E-state index contributed by atoms with van der Waals surface area (Å²) in [4.78, 5) is 18.6. The van der Waals surface area contributed by atoms with Crippen LogP contribution in [0.2, 0.25) is 0 Å². The Balaban J connectivity index is 1.81. The predicted molar refractivity (Wildman–Crippen MR) is 85.3 cm³/mol. The number of carbonyl (C=O) groups is 1. The minimum atomic E-state index is -3.24. The van der Waals surface area contributed by atoms with Gasteiger partial charge in [-0.05, 0) is 18.6 Å². The van der Waals surface area contributed by atoms with Gasteiger partial charge in [-0.2, -0.15) is 0 Å². The molecule has 0 aliphatic carbocycles. The first-order valence-corrected chi connectivity index (χ1v) is 10.0. The van der Waals surface area contributed by atoms with Gasteiger partial charge in [-0.25, -0.2) is 8.42 Å². The van der Waals surface area contributed by atoms with E-state index in [-0.39, 0.29) is 11.7 Å². The monoisotopic (exact) mass is 330 g/mol. The molecule has 1 aliphatic heterocycles. The van der Waals surface area contributed by atoms with E-state index in [1.54, 1.807) is 4.90 Å². The summed E-state index contributed by atoms with van der Waals surface area (Å²) in [6.45, 7) is 5.89. The van der Waals surface area contributed by atoms with E-state index in [9.17, 15) is 13.2 Å². The first-order valence-electron chi connectivity index (χ1n) is 7.13. The van der Waals surface area contributed by atoms with Crippen molar-refractivity contribution in [2.24, 2.45) is 0 Å². The van der Waals surface area contributed by atoms with Crippen LogP contribution in [0.3, 0.4) is 0 Å². The van der Waals surface area contributed by atoms with Crippen LogP contribution in [0.25, 0.3) is 0 Å². The molecule has 0 N–H and O–H groups in total. The number of carbonyl (C=O) groups excluding carboxylic acids is 1. The zero-order valence-electron chi connectivity index (χ0n) is 12.5. The zero-order valence-corrected chi connectivity index (χ0v) is 14.2. The molecule has 2 rings (SSSR count). The fraction of sp³-hybridized carbons (Fsp3) is 0.643. The van der Waals surface area contributed by atoms with Crippen LogP contribution in [0, 0.1) is 0 Å². The summed E-state index contributed by atoms with van der Waals surface area (Å²) in [5.74, 6) is -0.654. The molecule has 1 aromatic rings. The Bertz CT molecular complexity index is 587. The maximum atomic E-state index is 11.9. The van der Waals surface area contributed by atoms with Crippen molar-refractivity contribution in [1.82, 2.24) is 9.80 Å². The summed E-state index contributed by atoms with van der Waals surface area (Å²) in [5.41, 5.74) is 0. The smallest absolute Gasteiger partial charge is 0.237 e. The first-order chi connectivity index (χ1) is 9.87. The molecule has 2 heterocycles. The lowest BCUT2D eigenvalue weighted by molar-refractivity contribution is -0.130. The van der Waals surface area contributed by atoms with Gasteiger partial charge in [0.25, 0.3) is 0 Å². The van der Waals surface area contributed by atoms with E-state index in [1.165, 1.54) is 9.75 Å². The number of hydrogen-bond donors (Lipinski definition) is 0. The molecule has 0 atom stereocenters. The number of thiophene rings is 1. The molecule has 0 unspecified atom stereocenters. The van der Waals surface area contributed by atoms with Gasteiger partial charge in [-0.15, -0.1) is 11.3 Å². The van der Waals surface area contributed by atoms with Crippen LogP contribution in [0.15, 0.2) is 12.1 Å². The van der Waals surface area contributed by atoms with Gasteiger partial charge in [-0.3, -0.25) is 9.69 Å². The average molecular weight is 330 g/mol. The van der Waals surface area contributed by atoms with E-state index in [0.717, 1.165) is 32.3 Å². The summed E-state index contributed by atoms with van der Waals surface area (Å²) < 4.78 is 22.3. The van der Waals surface area contributed by atoms with Crippen molar-refractivity contribution in [2.45, 2.75) is 19.9 Å². The van der Waals surface area contributed by atoms with E-state index in [1.807, 2.05) is 11.3 Å². The predicted octanol–water partition coefficient (Wildman–Crippen LogP) is 0.999. The minimum Gasteiger partial charge on any atom is -0.339 e. The van der Waals surface area contributed by atoms with Crippen LogP contribution in [0.1, 0.15) is 16.7 Å². The van der Waals surface area contributed by atoms with Gasteiger partial charge in [0, 0.05) is 48.7 Å². The van der Waals surface area contributed by atoms with E-state index in [2.05, 4.69) is 24.0 Å². The van der Waals surface area contributed by atoms with E-state index in [4.69, 9.17) is 0 Å². The molecule has 21 heavy (non-hydrogen) atoms. The third kappa shape index (κ3) is 5.09. The van der Waals surface area contributed by atoms with Gasteiger partial charge in [0.15, 0.2) is 9.84 Å². The van der Waals surface area contributed by atoms with Crippen molar-refractivity contribution < 1.29 is 13.2 Å². The second kappa shape index (κ2) is 6.89. The Morgan fingerprint density at radius 2 is 1.81 bits per heavy atom. The van der Waals surface area contributed by atoms with Crippen LogP contribution in [0.5, 0.6) is 0 Å². The molecule has 0 spiro atoms. The van der Waals surface area contributed by atoms with Gasteiger partial charge in [0.05, 0.1) is 0 Å². The fourth-order valence-corrected chi connectivity index (χ4v) is 4.02. The Hall–Kier alpha value is -0.920. The molecule has 7 heteroatoms. The van der Waals surface area contributed by atoms with Crippen molar-refractivity contribution in [1.29, 1.82) is 0 Å². The van der Waals surface area contributed by atoms with Gasteiger partial charge >= 0.3 is 0 Å². The third-order valence-corrected chi connectivity index (χ3v) is 5.54. The highest BCUT2D eigenvalue weighted by Crippen LogP contribution is 2.19. The quantitative estimate of drug-likeness (QED) is 0.808. The summed E-state index contributed by atoms with van der Waals surface area (Å²) in [6, 6.07) is 4.34. The van der Waals surface area contributed by atoms with Gasteiger partial charge in [-0.1, -0.05) is 6.92 Å². The lowest BCUT2D eigenvalue weighted by Gasteiger charge is -2.34. The van der Waals surface area contributed by atoms with Crippen molar-refractivity contribution in [3.8, 4) is 0 Å². The molecule has 1 aliphatic rings. The number of aryl methyl sites for hydroxylation is 1. The molecule has 0 aromatic carbocycles. The molecule has 118 valence electrons. The van der Waals surface area contributed by atoms with Gasteiger partial charge in [0.1, 0.15) is 5.75 Å². The summed E-state index contributed by atoms with van der Waals surface area (Å²) in [7, 11) is -3.24. The Labute approximate surface area is 130 Å². The Morgan fingerprint density at radius 1 is 1.19 bits per heavy atom. The molecular weight excluding hydrogens is 308 g/mol. The van der Waals surface area contributed by atoms with Gasteiger partial charge < -0.3 is 4.90 Å². The van der Waals surface area contributed by atoms with Crippen molar-refractivity contribution in [2.75, 3.05) is 38.2 Å². The number of sulfone groups is 1. The van der Waals surface area contributed by atoms with Crippen molar-refractivity contribution >= 4 is 27.1 Å². The second-order valence-electron chi connectivity index (χ2n) is 5.45. The maximum Gasteiger partial charge on any atom is 0.237 e. The standard InChI is InChI=1S/C14H22N2O3S2/c1-3-12-4-5-13(20-12)10-15-6-8-16(9-7-15)14(17)11-21(2,18)19/h4-5H,3,6-11H2,1-2H3. The number of amides is 1. The minimum absolute atomic E-state index is 0.276. The molecule has 1 aromatic heterocycles. The van der Waals surface area contributed by atoms with E-state index < -0.39 is 9.84 Å². The Morgan fingerprint density at radius 3 is 2.33 bits per heavy atom. The molecule has 0 bridgehead atoms. The molecule has 0 radical (unpaired) electrons. The van der Waals surface area contributed by atoms with Crippen LogP contribution in [0.4, 0.5) is 0 Å². The maximum absolute atomic E-state index is 11.9. The summed E-state index contributed by atoms with van der Waals surface area (Å²) >= 11 is 1.84. The number of piperazine rings is 1. The van der Waals surface area contributed by atoms with Crippen LogP contribution >= 0.6 is 11.3 Å². The summed E-state index contributed by atoms with van der Waals surface area (Å²) in [5, 5.41) is 0. The first kappa shape index (κ1) is 16.5. The Kier molecular flexibility index (Phi) is 5.40. The van der Waals surface area contributed by atoms with Crippen LogP contribution in [-0.2, 0) is 27.6 Å². The molecular formula is C14H22N2O3S2. The van der Waals surface area contributed by atoms with Crippen LogP contribution < -0.4 is 0 Å². The molecule has 1 saturated heterocycles. The van der Waals surface area contributed by atoms with Crippen LogP contribution in [-0.4, -0.2) is 62.3 Å². The number of nitrogens with zero attached hydrogens (tertiary/aromatic N) is 2. The van der Waals surface area contributed by atoms with Crippen molar-refractivity contribution in [3.05, 3.63) is 21.9 Å². The third-order valence-electron chi connectivity index (χ3n) is 3.56. The number of rotatable bonds is 5. The average Bonchev–Trinajstić information content (AvgIpc) is 2.85. The highest BCUT2D eigenvalue weighted by Gasteiger charge is 2.23. The summed E-state index contributed by atoms with van der Waals surface area (Å²) in [6.07, 6.45) is 2.17. The molecule has 1 amide bonds. The molecule has 5 nitrogen and oxygen atoms in total. The van der Waals surface area contributed by atoms with E-state index in [0.29, 0.717) is 13.1 Å². The highest BCUT2D eigenvalue weighted by atomic mass is 32.2. The topological polar surface area (TPSA) is 57.7 Å². The SMILES string of the molecule is CCc1ccc(CN2CCN(C(=O)CS(C)(=O)=O)CC2)s1. The largest absolute Gasteiger partial charge is 0.339 e. The zero-order chi connectivity index (χ0) is 15.5. The lowest BCUT2D eigenvalue weighted by atomic mass is 10.3. The lowest BCUT2D eigenvalue weighted by Crippen LogP contribution is -2.49. The molecule has 1 fully saturated rings. The number of hydrogen-bond acceptors (Lipinski definition) is 5. The van der Waals surface area contributed by atoms with E-state index >= 15 is 0 Å². The van der Waals surface area contributed by atoms with Crippen molar-refractivity contribution in [3.63, 3.8) is 0 Å². The molecule has 0 saturated carbocycles.